The Morgan fingerprint density at radius 1 is 1.35 bits per heavy atom. The molecular formula is C14H17N3O3. The van der Waals surface area contributed by atoms with Crippen LogP contribution in [0.4, 0.5) is 5.69 Å². The first-order chi connectivity index (χ1) is 9.67. The summed E-state index contributed by atoms with van der Waals surface area (Å²) in [6, 6.07) is 7.26. The highest BCUT2D eigenvalue weighted by molar-refractivity contribution is 5.96. The SMILES string of the molecule is CCCOC(=O)c1[nH]nc(-c2ccc(OC)cc2)c1N. The zero-order chi connectivity index (χ0) is 14.5. The molecule has 2 aromatic rings. The van der Waals surface area contributed by atoms with E-state index in [2.05, 4.69) is 10.2 Å². The second kappa shape index (κ2) is 6.10. The number of nitrogens with one attached hydrogen (secondary N) is 1. The molecule has 106 valence electrons. The van der Waals surface area contributed by atoms with E-state index >= 15 is 0 Å². The molecule has 3 N–H and O–H groups in total. The summed E-state index contributed by atoms with van der Waals surface area (Å²) in [5.74, 6) is 0.252. The number of nitrogens with two attached hydrogens (primary N) is 1. The number of nitrogen functional groups attached to an aromatic ring is 1. The van der Waals surface area contributed by atoms with E-state index in [0.717, 1.165) is 17.7 Å². The van der Waals surface area contributed by atoms with Crippen molar-refractivity contribution < 1.29 is 14.3 Å². The third-order valence-electron chi connectivity index (χ3n) is 2.81. The molecule has 0 aliphatic carbocycles. The minimum atomic E-state index is -0.489. The van der Waals surface area contributed by atoms with Crippen LogP contribution < -0.4 is 10.5 Å². The van der Waals surface area contributed by atoms with Crippen molar-refractivity contribution in [3.63, 3.8) is 0 Å². The van der Waals surface area contributed by atoms with Crippen LogP contribution in [0.1, 0.15) is 23.8 Å². The summed E-state index contributed by atoms with van der Waals surface area (Å²) < 4.78 is 10.1. The molecule has 0 bridgehead atoms. The number of rotatable bonds is 5. The van der Waals surface area contributed by atoms with Crippen molar-refractivity contribution in [2.75, 3.05) is 19.5 Å². The van der Waals surface area contributed by atoms with Crippen molar-refractivity contribution in [2.45, 2.75) is 13.3 Å². The molecule has 0 amide bonds. The van der Waals surface area contributed by atoms with Gasteiger partial charge in [-0.15, -0.1) is 0 Å². The molecule has 20 heavy (non-hydrogen) atoms. The van der Waals surface area contributed by atoms with Gasteiger partial charge < -0.3 is 15.2 Å². The van der Waals surface area contributed by atoms with Gasteiger partial charge in [0.05, 0.1) is 19.4 Å². The molecule has 0 saturated heterocycles. The number of nitrogens with zero attached hydrogens (tertiary/aromatic N) is 1. The fourth-order valence-electron chi connectivity index (χ4n) is 1.74. The van der Waals surface area contributed by atoms with E-state index in [1.165, 1.54) is 0 Å². The lowest BCUT2D eigenvalue weighted by molar-refractivity contribution is 0.0499. The first-order valence-electron chi connectivity index (χ1n) is 6.32. The smallest absolute Gasteiger partial charge is 0.358 e. The molecular weight excluding hydrogens is 258 g/mol. The first kappa shape index (κ1) is 13.9. The fraction of sp³-hybridized carbons (Fsp3) is 0.286. The quantitative estimate of drug-likeness (QED) is 0.817. The van der Waals surface area contributed by atoms with Gasteiger partial charge >= 0.3 is 5.97 Å². The summed E-state index contributed by atoms with van der Waals surface area (Å²) in [6.45, 7) is 2.28. The second-order valence-electron chi connectivity index (χ2n) is 4.23. The summed E-state index contributed by atoms with van der Waals surface area (Å²) in [6.07, 6.45) is 0.755. The molecule has 0 spiro atoms. The van der Waals surface area contributed by atoms with Gasteiger partial charge in [-0.25, -0.2) is 4.79 Å². The molecule has 0 radical (unpaired) electrons. The molecule has 0 atom stereocenters. The number of carbonyl (C=O) groups is 1. The number of hydrogen-bond acceptors (Lipinski definition) is 5. The minimum Gasteiger partial charge on any atom is -0.497 e. The van der Waals surface area contributed by atoms with E-state index in [0.29, 0.717) is 12.3 Å². The number of benzene rings is 1. The Morgan fingerprint density at radius 3 is 2.65 bits per heavy atom. The van der Waals surface area contributed by atoms with Gasteiger partial charge in [0.25, 0.3) is 0 Å². The van der Waals surface area contributed by atoms with Crippen LogP contribution in [0.5, 0.6) is 5.75 Å². The van der Waals surface area contributed by atoms with Crippen LogP contribution in [0, 0.1) is 0 Å². The maximum Gasteiger partial charge on any atom is 0.358 e. The maximum absolute atomic E-state index is 11.8. The van der Waals surface area contributed by atoms with Gasteiger partial charge in [-0.05, 0) is 30.7 Å². The zero-order valence-corrected chi connectivity index (χ0v) is 11.5. The molecule has 1 aromatic heterocycles. The van der Waals surface area contributed by atoms with Gasteiger partial charge in [0, 0.05) is 5.56 Å². The van der Waals surface area contributed by atoms with Crippen LogP contribution in [-0.2, 0) is 4.74 Å². The van der Waals surface area contributed by atoms with Crippen LogP contribution in [0.2, 0.25) is 0 Å². The largest absolute Gasteiger partial charge is 0.497 e. The lowest BCUT2D eigenvalue weighted by atomic mass is 10.1. The molecule has 2 rings (SSSR count). The monoisotopic (exact) mass is 275 g/mol. The predicted molar refractivity (Wildman–Crippen MR) is 75.6 cm³/mol. The zero-order valence-electron chi connectivity index (χ0n) is 11.5. The highest BCUT2D eigenvalue weighted by Gasteiger charge is 2.18. The summed E-state index contributed by atoms with van der Waals surface area (Å²) in [7, 11) is 1.60. The maximum atomic E-state index is 11.8. The molecule has 0 aliphatic rings. The predicted octanol–water partition coefficient (Wildman–Crippen LogP) is 2.23. The van der Waals surface area contributed by atoms with Crippen LogP contribution in [0.3, 0.4) is 0 Å². The first-order valence-corrected chi connectivity index (χ1v) is 6.32. The Hall–Kier alpha value is -2.50. The van der Waals surface area contributed by atoms with Gasteiger partial charge in [0.15, 0.2) is 5.69 Å². The van der Waals surface area contributed by atoms with Crippen molar-refractivity contribution in [2.24, 2.45) is 0 Å². The topological polar surface area (TPSA) is 90.2 Å². The average Bonchev–Trinajstić information content (AvgIpc) is 2.86. The lowest BCUT2D eigenvalue weighted by Crippen LogP contribution is -2.08. The average molecular weight is 275 g/mol. The highest BCUT2D eigenvalue weighted by Crippen LogP contribution is 2.27. The summed E-state index contributed by atoms with van der Waals surface area (Å²) in [4.78, 5) is 11.8. The van der Waals surface area contributed by atoms with E-state index in [9.17, 15) is 4.79 Å². The Morgan fingerprint density at radius 2 is 2.05 bits per heavy atom. The number of ether oxygens (including phenoxy) is 2. The number of carbonyl (C=O) groups excluding carboxylic acids is 1. The number of hydrogen-bond donors (Lipinski definition) is 2. The number of anilines is 1. The Balaban J connectivity index is 2.25. The van der Waals surface area contributed by atoms with Crippen LogP contribution in [0.25, 0.3) is 11.3 Å². The van der Waals surface area contributed by atoms with Gasteiger partial charge in [-0.2, -0.15) is 5.10 Å². The molecule has 1 heterocycles. The molecule has 0 fully saturated rings. The molecule has 0 unspecified atom stereocenters. The minimum absolute atomic E-state index is 0.185. The van der Waals surface area contributed by atoms with E-state index in [-0.39, 0.29) is 11.4 Å². The van der Waals surface area contributed by atoms with Crippen LogP contribution in [0.15, 0.2) is 24.3 Å². The standard InChI is InChI=1S/C14H17N3O3/c1-3-8-20-14(18)13-11(15)12(16-17-13)9-4-6-10(19-2)7-5-9/h4-7H,3,8,15H2,1-2H3,(H,16,17). The Labute approximate surface area is 116 Å². The van der Waals surface area contributed by atoms with Crippen molar-refractivity contribution in [3.05, 3.63) is 30.0 Å². The van der Waals surface area contributed by atoms with Crippen molar-refractivity contribution in [3.8, 4) is 17.0 Å². The molecule has 0 saturated carbocycles. The summed E-state index contributed by atoms with van der Waals surface area (Å²) in [5, 5.41) is 6.71. The molecule has 1 aromatic carbocycles. The third kappa shape index (κ3) is 2.74. The third-order valence-corrected chi connectivity index (χ3v) is 2.81. The Kier molecular flexibility index (Phi) is 4.24. The normalized spacial score (nSPS) is 10.3. The van der Waals surface area contributed by atoms with Gasteiger partial charge in [0.2, 0.25) is 0 Å². The van der Waals surface area contributed by atoms with Gasteiger partial charge in [-0.1, -0.05) is 6.92 Å². The van der Waals surface area contributed by atoms with Crippen molar-refractivity contribution >= 4 is 11.7 Å². The number of methoxy groups -OCH3 is 1. The number of esters is 1. The van der Waals surface area contributed by atoms with E-state index in [1.54, 1.807) is 19.2 Å². The van der Waals surface area contributed by atoms with Gasteiger partial charge in [0.1, 0.15) is 11.4 Å². The summed E-state index contributed by atoms with van der Waals surface area (Å²) >= 11 is 0. The lowest BCUT2D eigenvalue weighted by Gasteiger charge is -2.03. The molecule has 6 nitrogen and oxygen atoms in total. The van der Waals surface area contributed by atoms with Crippen molar-refractivity contribution in [1.29, 1.82) is 0 Å². The second-order valence-corrected chi connectivity index (χ2v) is 4.23. The van der Waals surface area contributed by atoms with E-state index < -0.39 is 5.97 Å². The van der Waals surface area contributed by atoms with E-state index in [1.807, 2.05) is 19.1 Å². The van der Waals surface area contributed by atoms with Crippen LogP contribution in [-0.4, -0.2) is 29.9 Å². The number of aromatic nitrogens is 2. The molecule has 0 aliphatic heterocycles. The van der Waals surface area contributed by atoms with Crippen molar-refractivity contribution in [1.82, 2.24) is 10.2 Å². The number of H-pyrrole nitrogens is 1. The van der Waals surface area contributed by atoms with E-state index in [4.69, 9.17) is 15.2 Å². The fourth-order valence-corrected chi connectivity index (χ4v) is 1.74. The number of aromatic amines is 1. The highest BCUT2D eigenvalue weighted by atomic mass is 16.5. The van der Waals surface area contributed by atoms with Crippen LogP contribution >= 0.6 is 0 Å². The molecule has 6 heteroatoms. The van der Waals surface area contributed by atoms with Gasteiger partial charge in [-0.3, -0.25) is 5.10 Å². The Bertz CT molecular complexity index is 590. The summed E-state index contributed by atoms with van der Waals surface area (Å²) in [5.41, 5.74) is 7.75.